The highest BCUT2D eigenvalue weighted by Gasteiger charge is 2.33. The highest BCUT2D eigenvalue weighted by atomic mass is 16.5. The number of nitrogens with zero attached hydrogens (tertiary/aromatic N) is 1. The Balaban J connectivity index is 2.01. The second-order valence-corrected chi connectivity index (χ2v) is 6.38. The van der Waals surface area contributed by atoms with Gasteiger partial charge >= 0.3 is 5.97 Å². The van der Waals surface area contributed by atoms with Gasteiger partial charge in [-0.2, -0.15) is 0 Å². The van der Waals surface area contributed by atoms with Crippen molar-refractivity contribution < 1.29 is 19.1 Å². The second-order valence-electron chi connectivity index (χ2n) is 6.38. The summed E-state index contributed by atoms with van der Waals surface area (Å²) >= 11 is 0. The van der Waals surface area contributed by atoms with Crippen LogP contribution >= 0.6 is 0 Å². The zero-order valence-corrected chi connectivity index (χ0v) is 15.4. The van der Waals surface area contributed by atoms with Crippen LogP contribution in [0.1, 0.15) is 37.8 Å². The molecule has 0 spiro atoms. The lowest BCUT2D eigenvalue weighted by Gasteiger charge is -2.34. The maximum atomic E-state index is 12.6. The van der Waals surface area contributed by atoms with E-state index >= 15 is 0 Å². The first-order chi connectivity index (χ1) is 12.5. The van der Waals surface area contributed by atoms with Crippen LogP contribution in [-0.2, 0) is 19.1 Å². The first-order valence-electron chi connectivity index (χ1n) is 8.98. The first kappa shape index (κ1) is 19.9. The number of hydrogen-bond acceptors (Lipinski definition) is 5. The SMILES string of the molecule is CCC[C@@H](NC(=O)CN1CCNC(=O)[C@H]1CC(=O)OC)c1ccccc1. The Morgan fingerprint density at radius 1 is 1.35 bits per heavy atom. The number of ether oxygens (including phenoxy) is 1. The van der Waals surface area contributed by atoms with Gasteiger partial charge in [-0.3, -0.25) is 19.3 Å². The number of methoxy groups -OCH3 is 1. The van der Waals surface area contributed by atoms with E-state index < -0.39 is 12.0 Å². The Hall–Kier alpha value is -2.41. The van der Waals surface area contributed by atoms with Crippen molar-refractivity contribution in [2.45, 2.75) is 38.3 Å². The number of rotatable bonds is 8. The number of carbonyl (C=O) groups excluding carboxylic acids is 3. The van der Waals surface area contributed by atoms with Crippen LogP contribution < -0.4 is 10.6 Å². The van der Waals surface area contributed by atoms with E-state index in [1.54, 1.807) is 4.90 Å². The van der Waals surface area contributed by atoms with E-state index in [9.17, 15) is 14.4 Å². The van der Waals surface area contributed by atoms with Gasteiger partial charge in [-0.1, -0.05) is 43.7 Å². The molecule has 0 aliphatic carbocycles. The lowest BCUT2D eigenvalue weighted by molar-refractivity contribution is -0.146. The van der Waals surface area contributed by atoms with Crippen LogP contribution in [0.25, 0.3) is 0 Å². The first-order valence-corrected chi connectivity index (χ1v) is 8.98. The average molecular weight is 361 g/mol. The van der Waals surface area contributed by atoms with E-state index in [2.05, 4.69) is 22.3 Å². The molecule has 7 nitrogen and oxygen atoms in total. The Labute approximate surface area is 154 Å². The molecule has 2 atom stereocenters. The van der Waals surface area contributed by atoms with Gasteiger partial charge in [0.05, 0.1) is 26.1 Å². The van der Waals surface area contributed by atoms with Crippen molar-refractivity contribution >= 4 is 17.8 Å². The molecule has 0 aromatic heterocycles. The van der Waals surface area contributed by atoms with Gasteiger partial charge in [0.15, 0.2) is 0 Å². The fourth-order valence-corrected chi connectivity index (χ4v) is 3.14. The fourth-order valence-electron chi connectivity index (χ4n) is 3.14. The van der Waals surface area contributed by atoms with E-state index in [1.807, 2.05) is 30.3 Å². The Morgan fingerprint density at radius 3 is 2.73 bits per heavy atom. The van der Waals surface area contributed by atoms with Crippen molar-refractivity contribution in [1.29, 1.82) is 0 Å². The van der Waals surface area contributed by atoms with Crippen LogP contribution in [0.15, 0.2) is 30.3 Å². The summed E-state index contributed by atoms with van der Waals surface area (Å²) in [5.41, 5.74) is 1.06. The summed E-state index contributed by atoms with van der Waals surface area (Å²) in [6.45, 7) is 3.12. The largest absolute Gasteiger partial charge is 0.469 e. The zero-order valence-electron chi connectivity index (χ0n) is 15.4. The molecule has 0 unspecified atom stereocenters. The van der Waals surface area contributed by atoms with Crippen molar-refractivity contribution in [3.8, 4) is 0 Å². The number of piperazine rings is 1. The number of hydrogen-bond donors (Lipinski definition) is 2. The average Bonchev–Trinajstić information content (AvgIpc) is 2.64. The van der Waals surface area contributed by atoms with E-state index in [1.165, 1.54) is 7.11 Å². The molecule has 0 saturated carbocycles. The van der Waals surface area contributed by atoms with Gasteiger partial charge in [0, 0.05) is 13.1 Å². The highest BCUT2D eigenvalue weighted by Crippen LogP contribution is 2.18. The summed E-state index contributed by atoms with van der Waals surface area (Å²) in [4.78, 5) is 38.0. The lowest BCUT2D eigenvalue weighted by Crippen LogP contribution is -2.58. The van der Waals surface area contributed by atoms with Crippen molar-refractivity contribution in [2.75, 3.05) is 26.7 Å². The van der Waals surface area contributed by atoms with Crippen molar-refractivity contribution in [1.82, 2.24) is 15.5 Å². The minimum Gasteiger partial charge on any atom is -0.469 e. The van der Waals surface area contributed by atoms with Gasteiger partial charge in [0.2, 0.25) is 11.8 Å². The molecule has 0 bridgehead atoms. The maximum Gasteiger partial charge on any atom is 0.307 e. The Kier molecular flexibility index (Phi) is 7.59. The number of esters is 1. The second kappa shape index (κ2) is 9.91. The molecule has 2 N–H and O–H groups in total. The van der Waals surface area contributed by atoms with Gasteiger partial charge in [-0.15, -0.1) is 0 Å². The van der Waals surface area contributed by atoms with E-state index in [-0.39, 0.29) is 30.8 Å². The Bertz CT molecular complexity index is 620. The third-order valence-electron chi connectivity index (χ3n) is 4.49. The molecule has 1 saturated heterocycles. The maximum absolute atomic E-state index is 12.6. The minimum atomic E-state index is -0.677. The van der Waals surface area contributed by atoms with Crippen LogP contribution in [0.3, 0.4) is 0 Å². The summed E-state index contributed by atoms with van der Waals surface area (Å²) in [5.74, 6) is -0.870. The summed E-state index contributed by atoms with van der Waals surface area (Å²) < 4.78 is 4.66. The van der Waals surface area contributed by atoms with Gasteiger partial charge < -0.3 is 15.4 Å². The fraction of sp³-hybridized carbons (Fsp3) is 0.526. The number of benzene rings is 1. The highest BCUT2D eigenvalue weighted by molar-refractivity contribution is 5.88. The van der Waals surface area contributed by atoms with Crippen LogP contribution in [0.2, 0.25) is 0 Å². The molecule has 1 aromatic rings. The Morgan fingerprint density at radius 2 is 2.08 bits per heavy atom. The normalized spacial score (nSPS) is 18.7. The lowest BCUT2D eigenvalue weighted by atomic mass is 10.0. The van der Waals surface area contributed by atoms with Gasteiger partial charge in [0.25, 0.3) is 0 Å². The molecule has 1 fully saturated rings. The van der Waals surface area contributed by atoms with Crippen LogP contribution in [-0.4, -0.2) is 55.5 Å². The molecule has 1 aromatic carbocycles. The molecule has 142 valence electrons. The predicted octanol–water partition coefficient (Wildman–Crippen LogP) is 1.01. The molecule has 2 rings (SSSR count). The van der Waals surface area contributed by atoms with E-state index in [0.717, 1.165) is 18.4 Å². The predicted molar refractivity (Wildman–Crippen MR) is 97.2 cm³/mol. The molecular weight excluding hydrogens is 334 g/mol. The zero-order chi connectivity index (χ0) is 18.9. The minimum absolute atomic E-state index is 0.0628. The monoisotopic (exact) mass is 361 g/mol. The summed E-state index contributed by atoms with van der Waals surface area (Å²) in [6.07, 6.45) is 1.71. The van der Waals surface area contributed by atoms with Crippen molar-refractivity contribution in [3.05, 3.63) is 35.9 Å². The third-order valence-corrected chi connectivity index (χ3v) is 4.49. The molecule has 1 aliphatic rings. The summed E-state index contributed by atoms with van der Waals surface area (Å²) in [7, 11) is 1.29. The van der Waals surface area contributed by atoms with E-state index in [0.29, 0.717) is 13.1 Å². The summed E-state index contributed by atoms with van der Waals surface area (Å²) in [5, 5.41) is 5.79. The quantitative estimate of drug-likeness (QED) is 0.675. The topological polar surface area (TPSA) is 87.7 Å². The molecule has 2 amide bonds. The van der Waals surface area contributed by atoms with Crippen molar-refractivity contribution in [3.63, 3.8) is 0 Å². The van der Waals surface area contributed by atoms with Gasteiger partial charge in [-0.05, 0) is 12.0 Å². The third kappa shape index (κ3) is 5.56. The molecule has 7 heteroatoms. The van der Waals surface area contributed by atoms with Crippen LogP contribution in [0.4, 0.5) is 0 Å². The van der Waals surface area contributed by atoms with Crippen LogP contribution in [0.5, 0.6) is 0 Å². The molecule has 1 heterocycles. The molecule has 1 aliphatic heterocycles. The van der Waals surface area contributed by atoms with Crippen LogP contribution in [0, 0.1) is 0 Å². The van der Waals surface area contributed by atoms with Crippen molar-refractivity contribution in [2.24, 2.45) is 0 Å². The summed E-state index contributed by atoms with van der Waals surface area (Å²) in [6, 6.07) is 9.09. The van der Waals surface area contributed by atoms with Gasteiger partial charge in [0.1, 0.15) is 6.04 Å². The van der Waals surface area contributed by atoms with Gasteiger partial charge in [-0.25, -0.2) is 0 Å². The number of nitrogens with one attached hydrogen (secondary N) is 2. The number of carbonyl (C=O) groups is 3. The molecule has 0 radical (unpaired) electrons. The standard InChI is InChI=1S/C19H27N3O4/c1-3-7-15(14-8-5-4-6-9-14)21-17(23)13-22-11-10-20-19(25)16(22)12-18(24)26-2/h4-6,8-9,15-16H,3,7,10-13H2,1-2H3,(H,20,25)(H,21,23)/t15-,16-/m1/s1. The smallest absolute Gasteiger partial charge is 0.307 e. The molecular formula is C19H27N3O4. The molecule has 26 heavy (non-hydrogen) atoms. The van der Waals surface area contributed by atoms with E-state index in [4.69, 9.17) is 0 Å². The number of amides is 2.